The summed E-state index contributed by atoms with van der Waals surface area (Å²) in [5, 5.41) is 11.0. The van der Waals surface area contributed by atoms with Crippen LogP contribution in [-0.2, 0) is 27.9 Å². The molecule has 2 aromatic heterocycles. The first kappa shape index (κ1) is 14.0. The Labute approximate surface area is 115 Å². The van der Waals surface area contributed by atoms with E-state index in [2.05, 4.69) is 20.3 Å². The molecular formula is C12H17N5O3. The van der Waals surface area contributed by atoms with Gasteiger partial charge in [-0.3, -0.25) is 19.0 Å². The van der Waals surface area contributed by atoms with Crippen LogP contribution < -0.4 is 5.32 Å². The highest BCUT2D eigenvalue weighted by molar-refractivity contribution is 5.82. The first-order valence-electron chi connectivity index (χ1n) is 6.21. The smallest absolute Gasteiger partial charge is 0.325 e. The molecule has 0 unspecified atom stereocenters. The van der Waals surface area contributed by atoms with Gasteiger partial charge < -0.3 is 10.1 Å². The van der Waals surface area contributed by atoms with Crippen LogP contribution in [0.2, 0.25) is 0 Å². The standard InChI is InChI=1S/C12H17N5O3/c1-8-12-9(16(2)15-8)6-14-17(12)5-4-10(18)13-7-11(19)20-3/h6H,4-5,7H2,1-3H3,(H,13,18). The van der Waals surface area contributed by atoms with E-state index < -0.39 is 5.97 Å². The molecule has 0 bridgehead atoms. The van der Waals surface area contributed by atoms with E-state index >= 15 is 0 Å². The molecule has 0 fully saturated rings. The molecule has 108 valence electrons. The van der Waals surface area contributed by atoms with Gasteiger partial charge in [-0.1, -0.05) is 0 Å². The number of hydrogen-bond donors (Lipinski definition) is 1. The van der Waals surface area contributed by atoms with Gasteiger partial charge in [0.05, 0.1) is 25.5 Å². The van der Waals surface area contributed by atoms with E-state index in [4.69, 9.17) is 0 Å². The van der Waals surface area contributed by atoms with Crippen LogP contribution in [-0.4, -0.2) is 45.1 Å². The van der Waals surface area contributed by atoms with Crippen LogP contribution in [0.3, 0.4) is 0 Å². The Balaban J connectivity index is 1.96. The Morgan fingerprint density at radius 2 is 2.20 bits per heavy atom. The molecule has 0 spiro atoms. The van der Waals surface area contributed by atoms with E-state index in [1.165, 1.54) is 7.11 Å². The fourth-order valence-corrected chi connectivity index (χ4v) is 2.02. The monoisotopic (exact) mass is 279 g/mol. The molecule has 1 N–H and O–H groups in total. The quantitative estimate of drug-likeness (QED) is 0.763. The minimum absolute atomic E-state index is 0.115. The van der Waals surface area contributed by atoms with Gasteiger partial charge in [-0.15, -0.1) is 0 Å². The topological polar surface area (TPSA) is 91.0 Å². The number of nitrogens with zero attached hydrogens (tertiary/aromatic N) is 4. The van der Waals surface area contributed by atoms with Crippen LogP contribution in [0, 0.1) is 6.92 Å². The van der Waals surface area contributed by atoms with E-state index in [0.717, 1.165) is 16.7 Å². The van der Waals surface area contributed by atoms with Crippen molar-refractivity contribution in [2.75, 3.05) is 13.7 Å². The SMILES string of the molecule is COC(=O)CNC(=O)CCn1ncc2c1c(C)nn2C. The molecule has 0 aliphatic carbocycles. The molecule has 2 aromatic rings. The van der Waals surface area contributed by atoms with Crippen LogP contribution in [0.1, 0.15) is 12.1 Å². The Hall–Kier alpha value is -2.38. The van der Waals surface area contributed by atoms with E-state index in [1.807, 2.05) is 14.0 Å². The van der Waals surface area contributed by atoms with E-state index in [1.54, 1.807) is 15.6 Å². The predicted octanol–water partition coefficient (Wildman–Crippen LogP) is -0.242. The van der Waals surface area contributed by atoms with Crippen molar-refractivity contribution in [1.82, 2.24) is 24.9 Å². The third-order valence-corrected chi connectivity index (χ3v) is 3.02. The van der Waals surface area contributed by atoms with Crippen molar-refractivity contribution in [2.45, 2.75) is 19.9 Å². The number of ether oxygens (including phenoxy) is 1. The molecule has 0 saturated heterocycles. The fourth-order valence-electron chi connectivity index (χ4n) is 2.02. The molecule has 2 heterocycles. The van der Waals surface area contributed by atoms with Crippen LogP contribution in [0.4, 0.5) is 0 Å². The van der Waals surface area contributed by atoms with Gasteiger partial charge in [0.15, 0.2) is 0 Å². The van der Waals surface area contributed by atoms with Crippen LogP contribution >= 0.6 is 0 Å². The van der Waals surface area contributed by atoms with Gasteiger partial charge in [-0.05, 0) is 6.92 Å². The number of nitrogens with one attached hydrogen (secondary N) is 1. The van der Waals surface area contributed by atoms with Crippen LogP contribution in [0.15, 0.2) is 6.20 Å². The van der Waals surface area contributed by atoms with E-state index in [9.17, 15) is 9.59 Å². The molecule has 0 aromatic carbocycles. The van der Waals surface area contributed by atoms with Crippen molar-refractivity contribution in [3.8, 4) is 0 Å². The Bertz CT molecular complexity index is 643. The van der Waals surface area contributed by atoms with Gasteiger partial charge in [-0.2, -0.15) is 10.2 Å². The summed E-state index contributed by atoms with van der Waals surface area (Å²) < 4.78 is 7.95. The first-order valence-corrected chi connectivity index (χ1v) is 6.21. The Kier molecular flexibility index (Phi) is 4.02. The second kappa shape index (κ2) is 5.72. The van der Waals surface area contributed by atoms with Gasteiger partial charge in [0.2, 0.25) is 5.91 Å². The lowest BCUT2D eigenvalue weighted by atomic mass is 10.3. The maximum absolute atomic E-state index is 11.6. The zero-order chi connectivity index (χ0) is 14.7. The van der Waals surface area contributed by atoms with Crippen molar-refractivity contribution >= 4 is 22.9 Å². The second-order valence-corrected chi connectivity index (χ2v) is 4.41. The van der Waals surface area contributed by atoms with Crippen molar-refractivity contribution < 1.29 is 14.3 Å². The summed E-state index contributed by atoms with van der Waals surface area (Å²) in [6, 6.07) is 0. The molecule has 8 heteroatoms. The lowest BCUT2D eigenvalue weighted by Gasteiger charge is -2.04. The predicted molar refractivity (Wildman–Crippen MR) is 70.9 cm³/mol. The molecule has 0 atom stereocenters. The van der Waals surface area contributed by atoms with Crippen LogP contribution in [0.5, 0.6) is 0 Å². The van der Waals surface area contributed by atoms with E-state index in [0.29, 0.717) is 6.54 Å². The first-order chi connectivity index (χ1) is 9.52. The van der Waals surface area contributed by atoms with Crippen molar-refractivity contribution in [2.24, 2.45) is 7.05 Å². The van der Waals surface area contributed by atoms with Gasteiger partial charge in [0.1, 0.15) is 17.6 Å². The third-order valence-electron chi connectivity index (χ3n) is 3.02. The minimum Gasteiger partial charge on any atom is -0.468 e. The Morgan fingerprint density at radius 3 is 2.90 bits per heavy atom. The summed E-state index contributed by atoms with van der Waals surface area (Å²) in [5.74, 6) is -0.691. The summed E-state index contributed by atoms with van der Waals surface area (Å²) in [6.45, 7) is 2.22. The highest BCUT2D eigenvalue weighted by Crippen LogP contribution is 2.16. The molecule has 8 nitrogen and oxygen atoms in total. The maximum Gasteiger partial charge on any atom is 0.325 e. The van der Waals surface area contributed by atoms with Crippen molar-refractivity contribution in [3.05, 3.63) is 11.9 Å². The number of amides is 1. The summed E-state index contributed by atoms with van der Waals surface area (Å²) >= 11 is 0. The number of carbonyl (C=O) groups excluding carboxylic acids is 2. The summed E-state index contributed by atoms with van der Waals surface area (Å²) in [7, 11) is 3.13. The molecule has 0 aliphatic heterocycles. The van der Waals surface area contributed by atoms with Gasteiger partial charge in [0.25, 0.3) is 0 Å². The van der Waals surface area contributed by atoms with Crippen molar-refractivity contribution in [3.63, 3.8) is 0 Å². The number of aryl methyl sites for hydroxylation is 3. The lowest BCUT2D eigenvalue weighted by molar-refractivity contribution is -0.141. The van der Waals surface area contributed by atoms with Gasteiger partial charge >= 0.3 is 5.97 Å². The average molecular weight is 279 g/mol. The molecule has 1 amide bonds. The zero-order valence-electron chi connectivity index (χ0n) is 11.7. The normalized spacial score (nSPS) is 10.8. The molecule has 0 saturated carbocycles. The number of hydrogen-bond acceptors (Lipinski definition) is 5. The number of rotatable bonds is 5. The van der Waals surface area contributed by atoms with Gasteiger partial charge in [-0.25, -0.2) is 0 Å². The zero-order valence-corrected chi connectivity index (χ0v) is 11.7. The number of aromatic nitrogens is 4. The summed E-state index contributed by atoms with van der Waals surface area (Å²) in [4.78, 5) is 22.5. The fraction of sp³-hybridized carbons (Fsp3) is 0.500. The maximum atomic E-state index is 11.6. The van der Waals surface area contributed by atoms with Gasteiger partial charge in [0, 0.05) is 13.5 Å². The largest absolute Gasteiger partial charge is 0.468 e. The summed E-state index contributed by atoms with van der Waals surface area (Å²) in [5.41, 5.74) is 2.72. The third kappa shape index (κ3) is 2.79. The molecule has 0 radical (unpaired) electrons. The molecule has 0 aliphatic rings. The summed E-state index contributed by atoms with van der Waals surface area (Å²) in [6.07, 6.45) is 1.96. The van der Waals surface area contributed by atoms with Crippen LogP contribution in [0.25, 0.3) is 11.0 Å². The number of esters is 1. The lowest BCUT2D eigenvalue weighted by Crippen LogP contribution is -2.30. The highest BCUT2D eigenvalue weighted by Gasteiger charge is 2.12. The average Bonchev–Trinajstić information content (AvgIpc) is 2.96. The van der Waals surface area contributed by atoms with E-state index in [-0.39, 0.29) is 18.9 Å². The second-order valence-electron chi connectivity index (χ2n) is 4.41. The Morgan fingerprint density at radius 1 is 1.45 bits per heavy atom. The highest BCUT2D eigenvalue weighted by atomic mass is 16.5. The number of fused-ring (bicyclic) bond motifs is 1. The van der Waals surface area contributed by atoms with Crippen molar-refractivity contribution in [1.29, 1.82) is 0 Å². The number of methoxy groups -OCH3 is 1. The number of carbonyl (C=O) groups is 2. The minimum atomic E-state index is -0.470. The molecule has 20 heavy (non-hydrogen) atoms. The molecular weight excluding hydrogens is 262 g/mol. The molecule has 2 rings (SSSR count).